The van der Waals surface area contributed by atoms with Crippen molar-refractivity contribution in [2.24, 2.45) is 5.92 Å². The van der Waals surface area contributed by atoms with Crippen LogP contribution in [0.2, 0.25) is 0 Å². The van der Waals surface area contributed by atoms with Gasteiger partial charge in [0, 0.05) is 35.6 Å². The molecule has 5 heteroatoms. The Morgan fingerprint density at radius 1 is 1.11 bits per heavy atom. The molecule has 0 atom stereocenters. The number of hydrogen-bond donors (Lipinski definition) is 1. The van der Waals surface area contributed by atoms with E-state index in [0.29, 0.717) is 29.6 Å². The first-order chi connectivity index (χ1) is 13.4. The smallest absolute Gasteiger partial charge is 0.319 e. The summed E-state index contributed by atoms with van der Waals surface area (Å²) in [4.78, 5) is 28.1. The summed E-state index contributed by atoms with van der Waals surface area (Å²) in [6.45, 7) is 8.95. The number of anilines is 1. The Morgan fingerprint density at radius 3 is 2.36 bits per heavy atom. The van der Waals surface area contributed by atoms with Crippen molar-refractivity contribution in [1.82, 2.24) is 9.47 Å². The zero-order valence-corrected chi connectivity index (χ0v) is 17.6. The minimum absolute atomic E-state index is 0.00436. The largest absolute Gasteiger partial charge is 0.322 e. The van der Waals surface area contributed by atoms with Crippen LogP contribution in [0.5, 0.6) is 0 Å². The molecule has 1 heterocycles. The number of fused-ring (bicyclic) bond motifs is 1. The summed E-state index contributed by atoms with van der Waals surface area (Å²) in [5, 5.41) is 4.58. The van der Waals surface area contributed by atoms with Crippen molar-refractivity contribution in [3.05, 3.63) is 40.8 Å². The molecule has 1 aromatic heterocycles. The van der Waals surface area contributed by atoms with E-state index in [-0.39, 0.29) is 17.6 Å². The van der Waals surface area contributed by atoms with E-state index in [2.05, 4.69) is 33.0 Å². The molecule has 0 aliphatic heterocycles. The summed E-state index contributed by atoms with van der Waals surface area (Å²) in [6.07, 6.45) is 7.57. The lowest BCUT2D eigenvalue weighted by molar-refractivity contribution is 0.145. The Labute approximate surface area is 167 Å². The van der Waals surface area contributed by atoms with Crippen molar-refractivity contribution in [1.29, 1.82) is 0 Å². The van der Waals surface area contributed by atoms with Crippen LogP contribution in [0.4, 0.5) is 10.5 Å². The van der Waals surface area contributed by atoms with Crippen LogP contribution in [0.1, 0.15) is 59.8 Å². The number of aromatic nitrogens is 1. The van der Waals surface area contributed by atoms with E-state index < -0.39 is 0 Å². The topological polar surface area (TPSA) is 54.3 Å². The van der Waals surface area contributed by atoms with Gasteiger partial charge in [0.15, 0.2) is 0 Å². The Hall–Kier alpha value is -2.30. The zero-order chi connectivity index (χ0) is 20.3. The number of hydrogen-bond acceptors (Lipinski definition) is 2. The monoisotopic (exact) mass is 383 g/mol. The molecule has 1 aromatic carbocycles. The summed E-state index contributed by atoms with van der Waals surface area (Å²) in [5.74, 6) is 0.344. The van der Waals surface area contributed by atoms with E-state index in [1.165, 1.54) is 19.3 Å². The van der Waals surface area contributed by atoms with Gasteiger partial charge in [0.05, 0.1) is 5.69 Å². The molecule has 1 aliphatic carbocycles. The fourth-order valence-corrected chi connectivity index (χ4v) is 4.33. The second-order valence-corrected chi connectivity index (χ2v) is 8.66. The van der Waals surface area contributed by atoms with Crippen molar-refractivity contribution in [2.75, 3.05) is 5.32 Å². The number of nitrogens with zero attached hydrogens (tertiary/aromatic N) is 2. The molecule has 5 nitrogen and oxygen atoms in total. The van der Waals surface area contributed by atoms with Crippen molar-refractivity contribution in [3.63, 3.8) is 0 Å². The van der Waals surface area contributed by atoms with Crippen molar-refractivity contribution in [2.45, 2.75) is 78.4 Å². The second-order valence-electron chi connectivity index (χ2n) is 8.66. The van der Waals surface area contributed by atoms with Crippen molar-refractivity contribution >= 4 is 22.5 Å². The molecule has 0 bridgehead atoms. The summed E-state index contributed by atoms with van der Waals surface area (Å²) >= 11 is 0. The van der Waals surface area contributed by atoms with Crippen LogP contribution >= 0.6 is 0 Å². The number of carbonyl (C=O) groups excluding carboxylic acids is 1. The Morgan fingerprint density at radius 2 is 1.75 bits per heavy atom. The number of pyridine rings is 1. The van der Waals surface area contributed by atoms with Crippen LogP contribution < -0.4 is 10.9 Å². The number of urea groups is 1. The van der Waals surface area contributed by atoms with Gasteiger partial charge in [-0.05, 0) is 38.7 Å². The molecule has 28 heavy (non-hydrogen) atoms. The Balaban J connectivity index is 1.96. The van der Waals surface area contributed by atoms with Gasteiger partial charge < -0.3 is 14.8 Å². The van der Waals surface area contributed by atoms with E-state index in [1.807, 2.05) is 35.4 Å². The molecule has 2 amide bonds. The maximum absolute atomic E-state index is 13.2. The minimum Gasteiger partial charge on any atom is -0.319 e. The number of nitrogens with one attached hydrogen (secondary N) is 1. The predicted octanol–water partition coefficient (Wildman–Crippen LogP) is 5.23. The quantitative estimate of drug-likeness (QED) is 0.768. The van der Waals surface area contributed by atoms with E-state index in [9.17, 15) is 9.59 Å². The lowest BCUT2D eigenvalue weighted by Gasteiger charge is -2.37. The molecular weight excluding hydrogens is 350 g/mol. The predicted molar refractivity (Wildman–Crippen MR) is 116 cm³/mol. The van der Waals surface area contributed by atoms with Gasteiger partial charge in [-0.1, -0.05) is 51.3 Å². The number of rotatable bonds is 5. The maximum atomic E-state index is 13.2. The molecule has 1 saturated carbocycles. The molecule has 2 aromatic rings. The van der Waals surface area contributed by atoms with Gasteiger partial charge in [-0.25, -0.2) is 4.79 Å². The van der Waals surface area contributed by atoms with Gasteiger partial charge >= 0.3 is 6.03 Å². The zero-order valence-electron chi connectivity index (χ0n) is 17.6. The maximum Gasteiger partial charge on any atom is 0.322 e. The van der Waals surface area contributed by atoms with Crippen LogP contribution in [-0.4, -0.2) is 27.6 Å². The highest BCUT2D eigenvalue weighted by molar-refractivity contribution is 6.01. The van der Waals surface area contributed by atoms with Gasteiger partial charge in [-0.2, -0.15) is 0 Å². The number of amides is 2. The highest BCUT2D eigenvalue weighted by atomic mass is 16.2. The Bertz CT molecular complexity index is 879. The lowest BCUT2D eigenvalue weighted by Crippen LogP contribution is -2.47. The normalized spacial score (nSPS) is 15.4. The first-order valence-electron chi connectivity index (χ1n) is 10.6. The molecule has 3 rings (SSSR count). The summed E-state index contributed by atoms with van der Waals surface area (Å²) in [5.41, 5.74) is 0.706. The average Bonchev–Trinajstić information content (AvgIpc) is 2.66. The third-order valence-corrected chi connectivity index (χ3v) is 5.56. The van der Waals surface area contributed by atoms with Crippen LogP contribution in [0.15, 0.2) is 35.3 Å². The molecule has 1 aliphatic rings. The molecular formula is C23H33N3O2. The fraction of sp³-hybridized carbons (Fsp3) is 0.565. The number of carbonyl (C=O) groups is 1. The Kier molecular flexibility index (Phi) is 6.42. The average molecular weight is 384 g/mol. The summed E-state index contributed by atoms with van der Waals surface area (Å²) < 4.78 is 1.73. The van der Waals surface area contributed by atoms with E-state index in [0.717, 1.165) is 18.2 Å². The first kappa shape index (κ1) is 20.4. The highest BCUT2D eigenvalue weighted by Crippen LogP contribution is 2.26. The first-order valence-corrected chi connectivity index (χ1v) is 10.6. The molecule has 1 N–H and O–H groups in total. The summed E-state index contributed by atoms with van der Waals surface area (Å²) in [6, 6.07) is 7.89. The molecule has 0 unspecified atom stereocenters. The summed E-state index contributed by atoms with van der Waals surface area (Å²) in [7, 11) is 0. The lowest BCUT2D eigenvalue weighted by atomic mass is 9.93. The standard InChI is InChI=1S/C23H33N3O2/c1-16(2)14-25-15-21(19-12-8-9-13-20(19)22(25)27)24-23(28)26(17(3)4)18-10-6-5-7-11-18/h8-9,12-13,15-18H,5-7,10-11,14H2,1-4H3,(H,24,28). The van der Waals surface area contributed by atoms with E-state index >= 15 is 0 Å². The van der Waals surface area contributed by atoms with E-state index in [1.54, 1.807) is 4.57 Å². The van der Waals surface area contributed by atoms with Gasteiger partial charge in [-0.3, -0.25) is 4.79 Å². The minimum atomic E-state index is -0.0678. The van der Waals surface area contributed by atoms with Gasteiger partial charge in [0.1, 0.15) is 0 Å². The molecule has 152 valence electrons. The van der Waals surface area contributed by atoms with Gasteiger partial charge in [-0.15, -0.1) is 0 Å². The third kappa shape index (κ3) is 4.40. The highest BCUT2D eigenvalue weighted by Gasteiger charge is 2.28. The molecule has 0 saturated heterocycles. The van der Waals surface area contributed by atoms with E-state index in [4.69, 9.17) is 0 Å². The third-order valence-electron chi connectivity index (χ3n) is 5.56. The fourth-order valence-electron chi connectivity index (χ4n) is 4.33. The van der Waals surface area contributed by atoms with Crippen molar-refractivity contribution in [3.8, 4) is 0 Å². The molecule has 0 spiro atoms. The van der Waals surface area contributed by atoms with Crippen LogP contribution in [-0.2, 0) is 6.54 Å². The van der Waals surface area contributed by atoms with Crippen LogP contribution in [0, 0.1) is 5.92 Å². The number of benzene rings is 1. The second kappa shape index (κ2) is 8.80. The van der Waals surface area contributed by atoms with Gasteiger partial charge in [0.2, 0.25) is 0 Å². The molecule has 0 radical (unpaired) electrons. The van der Waals surface area contributed by atoms with Gasteiger partial charge in [0.25, 0.3) is 5.56 Å². The van der Waals surface area contributed by atoms with Crippen LogP contribution in [0.25, 0.3) is 10.8 Å². The molecule has 1 fully saturated rings. The van der Waals surface area contributed by atoms with Crippen molar-refractivity contribution < 1.29 is 4.79 Å². The van der Waals surface area contributed by atoms with Crippen LogP contribution in [0.3, 0.4) is 0 Å². The SMILES string of the molecule is CC(C)Cn1cc(NC(=O)N(C(C)C)C2CCCCC2)c2ccccc2c1=O.